The van der Waals surface area contributed by atoms with Crippen molar-refractivity contribution < 1.29 is 18.7 Å². The quantitative estimate of drug-likeness (QED) is 0.577. The summed E-state index contributed by atoms with van der Waals surface area (Å²) in [6.45, 7) is 1.46. The third-order valence-electron chi connectivity index (χ3n) is 3.30. The van der Waals surface area contributed by atoms with Gasteiger partial charge in [-0.25, -0.2) is 9.78 Å². The number of hydrogen-bond donors (Lipinski definition) is 1. The van der Waals surface area contributed by atoms with Gasteiger partial charge in [-0.3, -0.25) is 4.79 Å². The molecular weight excluding hydrogens is 332 g/mol. The number of ether oxygens (including phenoxy) is 1. The molecule has 0 aliphatic rings. The third kappa shape index (κ3) is 3.38. The Morgan fingerprint density at radius 3 is 2.79 bits per heavy atom. The molecule has 122 valence electrons. The number of amides is 1. The number of pyridine rings is 1. The number of carbonyl (C=O) groups is 2. The van der Waals surface area contributed by atoms with Gasteiger partial charge < -0.3 is 14.5 Å². The largest absolute Gasteiger partial charge is 0.449 e. The van der Waals surface area contributed by atoms with Crippen molar-refractivity contribution in [3.8, 4) is 0 Å². The van der Waals surface area contributed by atoms with Crippen LogP contribution in [0.15, 0.2) is 53.1 Å². The van der Waals surface area contributed by atoms with Crippen LogP contribution in [-0.4, -0.2) is 23.0 Å². The zero-order chi connectivity index (χ0) is 17.1. The number of fused-ring (bicyclic) bond motifs is 1. The minimum Gasteiger partial charge on any atom is -0.449 e. The van der Waals surface area contributed by atoms with Crippen molar-refractivity contribution >= 4 is 40.1 Å². The highest BCUT2D eigenvalue weighted by Crippen LogP contribution is 2.21. The lowest BCUT2D eigenvalue weighted by atomic mass is 10.2. The second-order valence-electron chi connectivity index (χ2n) is 5.03. The molecule has 1 N–H and O–H groups in total. The van der Waals surface area contributed by atoms with Crippen molar-refractivity contribution in [3.05, 3.63) is 59.6 Å². The van der Waals surface area contributed by atoms with Crippen molar-refractivity contribution in [2.75, 3.05) is 5.32 Å². The lowest BCUT2D eigenvalue weighted by molar-refractivity contribution is -0.123. The lowest BCUT2D eigenvalue weighted by Crippen LogP contribution is -2.30. The summed E-state index contributed by atoms with van der Waals surface area (Å²) in [6.07, 6.45) is 0.477. The standard InChI is InChI=1S/C17H13ClN2O4/c1-10(16(21)20-12-6-4-8-19-15(12)18)23-17(22)14-9-11-5-2-3-7-13(11)24-14/h2-10H,1H3,(H,20,21)/t10-/m0/s1. The summed E-state index contributed by atoms with van der Waals surface area (Å²) in [5, 5.41) is 3.49. The summed E-state index contributed by atoms with van der Waals surface area (Å²) < 4.78 is 10.5. The van der Waals surface area contributed by atoms with Gasteiger partial charge in [0.2, 0.25) is 5.76 Å². The summed E-state index contributed by atoms with van der Waals surface area (Å²) in [7, 11) is 0. The van der Waals surface area contributed by atoms with Crippen molar-refractivity contribution in [2.45, 2.75) is 13.0 Å². The first-order valence-electron chi connectivity index (χ1n) is 7.15. The maximum atomic E-state index is 12.1. The molecule has 0 bridgehead atoms. The van der Waals surface area contributed by atoms with Crippen LogP contribution in [0.25, 0.3) is 11.0 Å². The van der Waals surface area contributed by atoms with Gasteiger partial charge in [-0.2, -0.15) is 0 Å². The fraction of sp³-hybridized carbons (Fsp3) is 0.118. The van der Waals surface area contributed by atoms with Crippen molar-refractivity contribution in [2.24, 2.45) is 0 Å². The second kappa shape index (κ2) is 6.72. The van der Waals surface area contributed by atoms with Crippen LogP contribution in [0, 0.1) is 0 Å². The Balaban J connectivity index is 1.67. The van der Waals surface area contributed by atoms with E-state index >= 15 is 0 Å². The minimum absolute atomic E-state index is 0.0373. The number of esters is 1. The molecule has 0 unspecified atom stereocenters. The number of anilines is 1. The van der Waals surface area contributed by atoms with Gasteiger partial charge >= 0.3 is 5.97 Å². The van der Waals surface area contributed by atoms with Gasteiger partial charge in [-0.1, -0.05) is 29.8 Å². The molecule has 1 atom stereocenters. The van der Waals surface area contributed by atoms with E-state index in [0.29, 0.717) is 11.3 Å². The maximum Gasteiger partial charge on any atom is 0.375 e. The first kappa shape index (κ1) is 16.0. The third-order valence-corrected chi connectivity index (χ3v) is 3.60. The van der Waals surface area contributed by atoms with E-state index in [0.717, 1.165) is 5.39 Å². The first-order chi connectivity index (χ1) is 11.5. The summed E-state index contributed by atoms with van der Waals surface area (Å²) >= 11 is 5.87. The van der Waals surface area contributed by atoms with Crippen LogP contribution in [-0.2, 0) is 9.53 Å². The Hall–Kier alpha value is -2.86. The molecule has 24 heavy (non-hydrogen) atoms. The van der Waals surface area contributed by atoms with Crippen molar-refractivity contribution in [3.63, 3.8) is 0 Å². The monoisotopic (exact) mass is 344 g/mol. The number of rotatable bonds is 4. The van der Waals surface area contributed by atoms with E-state index in [1.807, 2.05) is 12.1 Å². The lowest BCUT2D eigenvalue weighted by Gasteiger charge is -2.13. The van der Waals surface area contributed by atoms with Crippen LogP contribution < -0.4 is 5.32 Å². The Labute approximate surface area is 142 Å². The highest BCUT2D eigenvalue weighted by atomic mass is 35.5. The van der Waals surface area contributed by atoms with E-state index in [4.69, 9.17) is 20.8 Å². The van der Waals surface area contributed by atoms with Crippen LogP contribution in [0.4, 0.5) is 5.69 Å². The van der Waals surface area contributed by atoms with Gasteiger partial charge in [-0.05, 0) is 31.2 Å². The molecule has 2 aromatic heterocycles. The fourth-order valence-corrected chi connectivity index (χ4v) is 2.23. The summed E-state index contributed by atoms with van der Waals surface area (Å²) in [6, 6.07) is 12.0. The highest BCUT2D eigenvalue weighted by molar-refractivity contribution is 6.32. The molecule has 0 aliphatic carbocycles. The average molecular weight is 345 g/mol. The number of furan rings is 1. The molecule has 0 spiro atoms. The van der Waals surface area contributed by atoms with E-state index < -0.39 is 18.0 Å². The summed E-state index contributed by atoms with van der Waals surface area (Å²) in [5.74, 6) is -1.20. The molecule has 0 saturated heterocycles. The van der Waals surface area contributed by atoms with E-state index in [1.165, 1.54) is 13.1 Å². The van der Waals surface area contributed by atoms with Gasteiger partial charge in [0, 0.05) is 11.6 Å². The van der Waals surface area contributed by atoms with E-state index in [9.17, 15) is 9.59 Å². The number of nitrogens with one attached hydrogen (secondary N) is 1. The number of hydrogen-bond acceptors (Lipinski definition) is 5. The van der Waals surface area contributed by atoms with Gasteiger partial charge in [0.15, 0.2) is 11.3 Å². The summed E-state index contributed by atoms with van der Waals surface area (Å²) in [5.41, 5.74) is 0.916. The fourth-order valence-electron chi connectivity index (χ4n) is 2.07. The average Bonchev–Trinajstić information content (AvgIpc) is 3.01. The SMILES string of the molecule is C[C@H](OC(=O)c1cc2ccccc2o1)C(=O)Nc1cccnc1Cl. The number of aromatic nitrogens is 1. The van der Waals surface area contributed by atoms with Gasteiger partial charge in [0.05, 0.1) is 5.69 Å². The number of para-hydroxylation sites is 1. The van der Waals surface area contributed by atoms with Crippen LogP contribution in [0.2, 0.25) is 5.15 Å². The van der Waals surface area contributed by atoms with Gasteiger partial charge in [-0.15, -0.1) is 0 Å². The zero-order valence-corrected chi connectivity index (χ0v) is 13.4. The number of nitrogens with zero attached hydrogens (tertiary/aromatic N) is 1. The van der Waals surface area contributed by atoms with Crippen molar-refractivity contribution in [1.82, 2.24) is 4.98 Å². The normalized spacial score (nSPS) is 11.9. The predicted octanol–water partition coefficient (Wildman–Crippen LogP) is 3.67. The maximum absolute atomic E-state index is 12.1. The molecule has 1 amide bonds. The molecule has 3 aromatic rings. The molecule has 0 fully saturated rings. The van der Waals surface area contributed by atoms with E-state index in [-0.39, 0.29) is 10.9 Å². The Kier molecular flexibility index (Phi) is 4.48. The molecule has 0 radical (unpaired) electrons. The number of carbonyl (C=O) groups excluding carboxylic acids is 2. The zero-order valence-electron chi connectivity index (χ0n) is 12.7. The number of benzene rings is 1. The van der Waals surface area contributed by atoms with Crippen LogP contribution in [0.5, 0.6) is 0 Å². The molecule has 3 rings (SSSR count). The molecule has 7 heteroatoms. The second-order valence-corrected chi connectivity index (χ2v) is 5.39. The van der Waals surface area contributed by atoms with Crippen LogP contribution in [0.3, 0.4) is 0 Å². The van der Waals surface area contributed by atoms with Crippen molar-refractivity contribution in [1.29, 1.82) is 0 Å². The summed E-state index contributed by atoms with van der Waals surface area (Å²) in [4.78, 5) is 28.1. The van der Waals surface area contributed by atoms with Crippen LogP contribution in [0.1, 0.15) is 17.5 Å². The van der Waals surface area contributed by atoms with E-state index in [1.54, 1.807) is 30.3 Å². The number of halogens is 1. The molecular formula is C17H13ClN2O4. The first-order valence-corrected chi connectivity index (χ1v) is 7.53. The Morgan fingerprint density at radius 1 is 1.25 bits per heavy atom. The molecule has 0 saturated carbocycles. The van der Waals surface area contributed by atoms with E-state index in [2.05, 4.69) is 10.3 Å². The molecule has 0 aliphatic heterocycles. The Morgan fingerprint density at radius 2 is 2.04 bits per heavy atom. The van der Waals surface area contributed by atoms with Gasteiger partial charge in [0.1, 0.15) is 5.58 Å². The molecule has 2 heterocycles. The minimum atomic E-state index is -1.03. The topological polar surface area (TPSA) is 81.4 Å². The molecule has 6 nitrogen and oxygen atoms in total. The Bertz CT molecular complexity index is 873. The predicted molar refractivity (Wildman–Crippen MR) is 89.0 cm³/mol. The van der Waals surface area contributed by atoms with Crippen LogP contribution >= 0.6 is 11.6 Å². The highest BCUT2D eigenvalue weighted by Gasteiger charge is 2.22. The van der Waals surface area contributed by atoms with Gasteiger partial charge in [0.25, 0.3) is 5.91 Å². The smallest absolute Gasteiger partial charge is 0.375 e. The molecule has 1 aromatic carbocycles.